The highest BCUT2D eigenvalue weighted by Gasteiger charge is 2.21. The Morgan fingerprint density at radius 1 is 1.24 bits per heavy atom. The molecule has 166 valence electrons. The minimum absolute atomic E-state index is 0. The van der Waals surface area contributed by atoms with Gasteiger partial charge in [0.05, 0.1) is 7.11 Å². The molecule has 0 radical (unpaired) electrons. The number of hydrogen-bond donors (Lipinski definition) is 2. The van der Waals surface area contributed by atoms with Gasteiger partial charge in [0.2, 0.25) is 5.91 Å². The Hall–Kier alpha value is -1.55. The number of amides is 1. The summed E-state index contributed by atoms with van der Waals surface area (Å²) in [7, 11) is 5.13. The molecule has 0 atom stereocenters. The molecular formula is C21H37IN4O3. The van der Waals surface area contributed by atoms with Crippen LogP contribution in [0.15, 0.2) is 29.3 Å². The van der Waals surface area contributed by atoms with Gasteiger partial charge in [0.25, 0.3) is 0 Å². The molecule has 1 aromatic carbocycles. The number of likely N-dealkylation sites (N-methyl/N-ethyl adjacent to an activating group) is 1. The number of guanidine groups is 1. The summed E-state index contributed by atoms with van der Waals surface area (Å²) in [4.78, 5) is 17.9. The van der Waals surface area contributed by atoms with Crippen LogP contribution in [0.2, 0.25) is 0 Å². The molecule has 0 aromatic heterocycles. The predicted octanol–water partition coefficient (Wildman–Crippen LogP) is 2.64. The standard InChI is InChI=1S/C21H36N4O3.HI/c1-7-28-13-9-12-22-20(23-15-19(26)25(4)5)24-16-21(2,3)17-10-8-11-18(14-17)27-6;/h8,10-11,14H,7,9,12-13,15-16H2,1-6H3,(H2,22,23,24);1H. The van der Waals surface area contributed by atoms with Crippen molar-refractivity contribution in [2.24, 2.45) is 4.99 Å². The first-order chi connectivity index (χ1) is 13.3. The third kappa shape index (κ3) is 10.7. The second-order valence-electron chi connectivity index (χ2n) is 7.40. The fourth-order valence-electron chi connectivity index (χ4n) is 2.44. The molecule has 0 fully saturated rings. The molecule has 0 aliphatic heterocycles. The molecule has 2 N–H and O–H groups in total. The second kappa shape index (κ2) is 14.4. The highest BCUT2D eigenvalue weighted by molar-refractivity contribution is 14.0. The van der Waals surface area contributed by atoms with Crippen LogP contribution in [0.1, 0.15) is 32.8 Å². The number of nitrogens with zero attached hydrogens (tertiary/aromatic N) is 2. The summed E-state index contributed by atoms with van der Waals surface area (Å²) in [5.41, 5.74) is 1.02. The van der Waals surface area contributed by atoms with E-state index in [2.05, 4.69) is 35.5 Å². The molecule has 7 nitrogen and oxygen atoms in total. The molecule has 0 aliphatic rings. The van der Waals surface area contributed by atoms with E-state index in [4.69, 9.17) is 9.47 Å². The molecule has 0 heterocycles. The zero-order valence-corrected chi connectivity index (χ0v) is 20.9. The maximum Gasteiger partial charge on any atom is 0.243 e. The van der Waals surface area contributed by atoms with E-state index in [0.29, 0.717) is 25.7 Å². The smallest absolute Gasteiger partial charge is 0.243 e. The van der Waals surface area contributed by atoms with Gasteiger partial charge in [0.15, 0.2) is 5.96 Å². The van der Waals surface area contributed by atoms with Crippen molar-refractivity contribution in [2.45, 2.75) is 32.6 Å². The van der Waals surface area contributed by atoms with E-state index in [1.165, 1.54) is 10.5 Å². The van der Waals surface area contributed by atoms with E-state index in [9.17, 15) is 4.79 Å². The second-order valence-corrected chi connectivity index (χ2v) is 7.40. The number of ether oxygens (including phenoxy) is 2. The van der Waals surface area contributed by atoms with Crippen molar-refractivity contribution in [1.29, 1.82) is 0 Å². The number of rotatable bonds is 11. The van der Waals surface area contributed by atoms with Crippen LogP contribution in [0.25, 0.3) is 0 Å². The van der Waals surface area contributed by atoms with E-state index < -0.39 is 0 Å². The van der Waals surface area contributed by atoms with Crippen LogP contribution in [0.5, 0.6) is 5.75 Å². The van der Waals surface area contributed by atoms with Gasteiger partial charge in [-0.3, -0.25) is 4.79 Å². The van der Waals surface area contributed by atoms with Crippen molar-refractivity contribution in [3.63, 3.8) is 0 Å². The fraction of sp³-hybridized carbons (Fsp3) is 0.619. The average molecular weight is 520 g/mol. The zero-order valence-electron chi connectivity index (χ0n) is 18.6. The summed E-state index contributed by atoms with van der Waals surface area (Å²) < 4.78 is 10.7. The number of benzene rings is 1. The summed E-state index contributed by atoms with van der Waals surface area (Å²) in [6, 6.07) is 8.06. The molecule has 0 bridgehead atoms. The summed E-state index contributed by atoms with van der Waals surface area (Å²) >= 11 is 0. The predicted molar refractivity (Wildman–Crippen MR) is 130 cm³/mol. The van der Waals surface area contributed by atoms with Crippen LogP contribution >= 0.6 is 24.0 Å². The molecule has 0 saturated carbocycles. The molecule has 0 aliphatic carbocycles. The Bertz CT molecular complexity index is 636. The highest BCUT2D eigenvalue weighted by Crippen LogP contribution is 2.25. The van der Waals surface area contributed by atoms with Gasteiger partial charge in [-0.05, 0) is 31.0 Å². The van der Waals surface area contributed by atoms with Crippen LogP contribution in [0.3, 0.4) is 0 Å². The monoisotopic (exact) mass is 520 g/mol. The summed E-state index contributed by atoms with van der Waals surface area (Å²) in [6.45, 7) is 9.20. The Morgan fingerprint density at radius 3 is 2.59 bits per heavy atom. The topological polar surface area (TPSA) is 75.2 Å². The first-order valence-corrected chi connectivity index (χ1v) is 9.74. The van der Waals surface area contributed by atoms with Crippen molar-refractivity contribution in [1.82, 2.24) is 15.5 Å². The van der Waals surface area contributed by atoms with Gasteiger partial charge in [0, 0.05) is 45.8 Å². The Morgan fingerprint density at radius 2 is 1.97 bits per heavy atom. The summed E-state index contributed by atoms with van der Waals surface area (Å²) in [5, 5.41) is 6.65. The third-order valence-electron chi connectivity index (χ3n) is 4.38. The Balaban J connectivity index is 0.00000784. The zero-order chi connectivity index (χ0) is 21.0. The molecule has 8 heteroatoms. The third-order valence-corrected chi connectivity index (χ3v) is 4.38. The Kier molecular flexibility index (Phi) is 13.7. The number of hydrogen-bond acceptors (Lipinski definition) is 4. The normalized spacial score (nSPS) is 11.4. The summed E-state index contributed by atoms with van der Waals surface area (Å²) in [5.74, 6) is 1.43. The van der Waals surface area contributed by atoms with E-state index >= 15 is 0 Å². The number of carbonyl (C=O) groups is 1. The van der Waals surface area contributed by atoms with Crippen molar-refractivity contribution in [3.05, 3.63) is 29.8 Å². The van der Waals surface area contributed by atoms with Crippen LogP contribution in [0.4, 0.5) is 0 Å². The van der Waals surface area contributed by atoms with Crippen molar-refractivity contribution in [3.8, 4) is 5.75 Å². The number of carbonyl (C=O) groups excluding carboxylic acids is 1. The van der Waals surface area contributed by atoms with Crippen LogP contribution in [-0.2, 0) is 14.9 Å². The van der Waals surface area contributed by atoms with Gasteiger partial charge >= 0.3 is 0 Å². The molecule has 1 rings (SSSR count). The largest absolute Gasteiger partial charge is 0.497 e. The molecule has 0 spiro atoms. The minimum atomic E-state index is -0.145. The molecule has 0 saturated heterocycles. The Labute approximate surface area is 192 Å². The van der Waals surface area contributed by atoms with Crippen molar-refractivity contribution >= 4 is 35.8 Å². The van der Waals surface area contributed by atoms with Crippen LogP contribution in [-0.4, -0.2) is 70.8 Å². The van der Waals surface area contributed by atoms with Crippen molar-refractivity contribution < 1.29 is 14.3 Å². The van der Waals surface area contributed by atoms with E-state index in [0.717, 1.165) is 18.7 Å². The minimum Gasteiger partial charge on any atom is -0.497 e. The number of methoxy groups -OCH3 is 1. The van der Waals surface area contributed by atoms with Gasteiger partial charge in [-0.1, -0.05) is 26.0 Å². The molecular weight excluding hydrogens is 483 g/mol. The van der Waals surface area contributed by atoms with Crippen LogP contribution < -0.4 is 15.4 Å². The van der Waals surface area contributed by atoms with E-state index in [-0.39, 0.29) is 41.8 Å². The lowest BCUT2D eigenvalue weighted by molar-refractivity contribution is -0.127. The van der Waals surface area contributed by atoms with Gasteiger partial charge in [-0.2, -0.15) is 0 Å². The van der Waals surface area contributed by atoms with Crippen LogP contribution in [0, 0.1) is 0 Å². The highest BCUT2D eigenvalue weighted by atomic mass is 127. The summed E-state index contributed by atoms with van der Waals surface area (Å²) in [6.07, 6.45) is 0.870. The first kappa shape index (κ1) is 27.5. The lowest BCUT2D eigenvalue weighted by Crippen LogP contribution is -2.44. The lowest BCUT2D eigenvalue weighted by Gasteiger charge is -2.27. The molecule has 0 unspecified atom stereocenters. The molecule has 1 aromatic rings. The lowest BCUT2D eigenvalue weighted by atomic mass is 9.84. The SMILES string of the molecule is CCOCCCNC(=NCC(=O)N(C)C)NCC(C)(C)c1cccc(OC)c1.I. The first-order valence-electron chi connectivity index (χ1n) is 9.74. The molecule has 29 heavy (non-hydrogen) atoms. The maximum atomic E-state index is 11.9. The average Bonchev–Trinajstić information content (AvgIpc) is 2.68. The van der Waals surface area contributed by atoms with E-state index in [1.54, 1.807) is 21.2 Å². The quantitative estimate of drug-likeness (QED) is 0.203. The van der Waals surface area contributed by atoms with Gasteiger partial charge in [-0.15, -0.1) is 24.0 Å². The maximum absolute atomic E-state index is 11.9. The van der Waals surface area contributed by atoms with Crippen molar-refractivity contribution in [2.75, 3.05) is 54.1 Å². The number of nitrogens with one attached hydrogen (secondary N) is 2. The van der Waals surface area contributed by atoms with Gasteiger partial charge in [0.1, 0.15) is 12.3 Å². The molecule has 1 amide bonds. The van der Waals surface area contributed by atoms with Gasteiger partial charge in [-0.25, -0.2) is 4.99 Å². The fourth-order valence-corrected chi connectivity index (χ4v) is 2.44. The van der Waals surface area contributed by atoms with Gasteiger partial charge < -0.3 is 25.0 Å². The number of aliphatic imine (C=N–C) groups is 1. The number of halogens is 1. The van der Waals surface area contributed by atoms with E-state index in [1.807, 2.05) is 25.1 Å².